The van der Waals surface area contributed by atoms with Gasteiger partial charge in [0.1, 0.15) is 0 Å². The van der Waals surface area contributed by atoms with Crippen LogP contribution in [0.25, 0.3) is 11.3 Å². The standard InChI is InChI=1S/C21H21N3O2S/c1-14-24-19(13-27-14)16-6-8-17(9-7-16)21(26)23-11-10-15-4-3-5-18(12-15)20(25)22-2/h3-9,12-13H,10-11H2,1-2H3,(H,22,25)(H,23,26). The Labute approximate surface area is 162 Å². The van der Waals surface area contributed by atoms with Crippen molar-refractivity contribution < 1.29 is 9.59 Å². The summed E-state index contributed by atoms with van der Waals surface area (Å²) in [4.78, 5) is 28.5. The highest BCUT2D eigenvalue weighted by Crippen LogP contribution is 2.21. The van der Waals surface area contributed by atoms with Gasteiger partial charge in [-0.2, -0.15) is 0 Å². The van der Waals surface area contributed by atoms with Crippen LogP contribution in [0.1, 0.15) is 31.3 Å². The number of amides is 2. The predicted molar refractivity (Wildman–Crippen MR) is 108 cm³/mol. The molecule has 0 aliphatic rings. The maximum Gasteiger partial charge on any atom is 0.251 e. The Morgan fingerprint density at radius 1 is 1.04 bits per heavy atom. The molecule has 2 amide bonds. The fourth-order valence-corrected chi connectivity index (χ4v) is 3.35. The van der Waals surface area contributed by atoms with Crippen LogP contribution < -0.4 is 10.6 Å². The number of thiazole rings is 1. The van der Waals surface area contributed by atoms with Crippen molar-refractivity contribution in [2.75, 3.05) is 13.6 Å². The van der Waals surface area contributed by atoms with E-state index in [0.717, 1.165) is 21.8 Å². The van der Waals surface area contributed by atoms with Gasteiger partial charge in [-0.3, -0.25) is 9.59 Å². The van der Waals surface area contributed by atoms with Gasteiger partial charge in [0.2, 0.25) is 0 Å². The van der Waals surface area contributed by atoms with Crippen molar-refractivity contribution in [1.82, 2.24) is 15.6 Å². The molecule has 0 fully saturated rings. The summed E-state index contributed by atoms with van der Waals surface area (Å²) < 4.78 is 0. The lowest BCUT2D eigenvalue weighted by Gasteiger charge is -2.07. The van der Waals surface area contributed by atoms with E-state index < -0.39 is 0 Å². The molecule has 3 aromatic rings. The van der Waals surface area contributed by atoms with Crippen LogP contribution in [-0.4, -0.2) is 30.4 Å². The van der Waals surface area contributed by atoms with Crippen LogP contribution in [0.2, 0.25) is 0 Å². The maximum atomic E-state index is 12.3. The van der Waals surface area contributed by atoms with Crippen molar-refractivity contribution >= 4 is 23.2 Å². The quantitative estimate of drug-likeness (QED) is 0.689. The van der Waals surface area contributed by atoms with Crippen molar-refractivity contribution in [3.05, 3.63) is 75.6 Å². The Kier molecular flexibility index (Phi) is 5.98. The zero-order valence-corrected chi connectivity index (χ0v) is 16.1. The van der Waals surface area contributed by atoms with Crippen LogP contribution in [0.5, 0.6) is 0 Å². The maximum absolute atomic E-state index is 12.3. The molecule has 0 aliphatic carbocycles. The van der Waals surface area contributed by atoms with Gasteiger partial charge in [0, 0.05) is 35.7 Å². The number of carbonyl (C=O) groups excluding carboxylic acids is 2. The fraction of sp³-hybridized carbons (Fsp3) is 0.190. The lowest BCUT2D eigenvalue weighted by molar-refractivity contribution is 0.0948. The zero-order chi connectivity index (χ0) is 19.2. The average molecular weight is 379 g/mol. The summed E-state index contributed by atoms with van der Waals surface area (Å²) in [5.74, 6) is -0.227. The smallest absolute Gasteiger partial charge is 0.251 e. The first-order valence-electron chi connectivity index (χ1n) is 8.68. The number of benzene rings is 2. The number of nitrogens with zero attached hydrogens (tertiary/aromatic N) is 1. The Morgan fingerprint density at radius 2 is 1.81 bits per heavy atom. The van der Waals surface area contributed by atoms with Gasteiger partial charge in [-0.05, 0) is 43.2 Å². The van der Waals surface area contributed by atoms with Crippen molar-refractivity contribution in [3.8, 4) is 11.3 Å². The molecule has 2 aromatic carbocycles. The van der Waals surface area contributed by atoms with Gasteiger partial charge in [0.25, 0.3) is 11.8 Å². The summed E-state index contributed by atoms with van der Waals surface area (Å²) >= 11 is 1.61. The zero-order valence-electron chi connectivity index (χ0n) is 15.3. The SMILES string of the molecule is CNC(=O)c1cccc(CCNC(=O)c2ccc(-c3csc(C)n3)cc2)c1. The molecule has 138 valence electrons. The number of rotatable bonds is 6. The minimum absolute atomic E-state index is 0.113. The van der Waals surface area contributed by atoms with Gasteiger partial charge < -0.3 is 10.6 Å². The van der Waals surface area contributed by atoms with E-state index >= 15 is 0 Å². The Morgan fingerprint density at radius 3 is 2.48 bits per heavy atom. The molecule has 1 heterocycles. The monoisotopic (exact) mass is 379 g/mol. The van der Waals surface area contributed by atoms with Crippen molar-refractivity contribution in [2.45, 2.75) is 13.3 Å². The molecule has 0 atom stereocenters. The third-order valence-corrected chi connectivity index (χ3v) is 4.95. The largest absolute Gasteiger partial charge is 0.355 e. The second-order valence-electron chi connectivity index (χ2n) is 6.11. The molecule has 0 saturated carbocycles. The molecule has 0 bridgehead atoms. The molecule has 0 spiro atoms. The normalized spacial score (nSPS) is 10.4. The minimum atomic E-state index is -0.115. The molecule has 1 aromatic heterocycles. The molecule has 27 heavy (non-hydrogen) atoms. The summed E-state index contributed by atoms with van der Waals surface area (Å²) in [5.41, 5.74) is 4.17. The van der Waals surface area contributed by atoms with Gasteiger partial charge in [-0.15, -0.1) is 11.3 Å². The Hall–Kier alpha value is -2.99. The van der Waals surface area contributed by atoms with Crippen LogP contribution in [0.3, 0.4) is 0 Å². The average Bonchev–Trinajstić information content (AvgIpc) is 3.14. The first kappa shape index (κ1) is 18.8. The van der Waals surface area contributed by atoms with E-state index in [1.165, 1.54) is 0 Å². The summed E-state index contributed by atoms with van der Waals surface area (Å²) in [6.07, 6.45) is 0.659. The summed E-state index contributed by atoms with van der Waals surface area (Å²) in [6.45, 7) is 2.48. The third-order valence-electron chi connectivity index (χ3n) is 4.18. The Bertz CT molecular complexity index is 948. The number of carbonyl (C=O) groups is 2. The van der Waals surface area contributed by atoms with E-state index in [4.69, 9.17) is 0 Å². The number of aromatic nitrogens is 1. The van der Waals surface area contributed by atoms with E-state index in [9.17, 15) is 9.59 Å². The summed E-state index contributed by atoms with van der Waals surface area (Å²) in [7, 11) is 1.61. The molecule has 0 radical (unpaired) electrons. The molecular formula is C21H21N3O2S. The number of hydrogen-bond acceptors (Lipinski definition) is 4. The molecular weight excluding hydrogens is 358 g/mol. The molecule has 6 heteroatoms. The second-order valence-corrected chi connectivity index (χ2v) is 7.18. The molecule has 0 aliphatic heterocycles. The summed E-state index contributed by atoms with van der Waals surface area (Å²) in [6, 6.07) is 14.9. The lowest BCUT2D eigenvalue weighted by Crippen LogP contribution is -2.25. The van der Waals surface area contributed by atoms with E-state index in [2.05, 4.69) is 15.6 Å². The predicted octanol–water partition coefficient (Wildman–Crippen LogP) is 3.45. The van der Waals surface area contributed by atoms with E-state index in [1.54, 1.807) is 24.5 Å². The molecule has 5 nitrogen and oxygen atoms in total. The van der Waals surface area contributed by atoms with E-state index in [-0.39, 0.29) is 11.8 Å². The van der Waals surface area contributed by atoms with E-state index in [1.807, 2.05) is 54.8 Å². The molecule has 2 N–H and O–H groups in total. The highest BCUT2D eigenvalue weighted by molar-refractivity contribution is 7.09. The van der Waals surface area contributed by atoms with Gasteiger partial charge in [0.05, 0.1) is 10.7 Å². The molecule has 3 rings (SSSR count). The molecule has 0 unspecified atom stereocenters. The topological polar surface area (TPSA) is 71.1 Å². The van der Waals surface area contributed by atoms with Crippen LogP contribution >= 0.6 is 11.3 Å². The summed E-state index contributed by atoms with van der Waals surface area (Å²) in [5, 5.41) is 8.56. The number of hydrogen-bond donors (Lipinski definition) is 2. The van der Waals surface area contributed by atoms with Gasteiger partial charge in [-0.1, -0.05) is 24.3 Å². The first-order chi connectivity index (χ1) is 13.1. The van der Waals surface area contributed by atoms with Crippen molar-refractivity contribution in [1.29, 1.82) is 0 Å². The number of aryl methyl sites for hydroxylation is 1. The lowest BCUT2D eigenvalue weighted by atomic mass is 10.1. The first-order valence-corrected chi connectivity index (χ1v) is 9.56. The second kappa shape index (κ2) is 8.60. The van der Waals surface area contributed by atoms with Gasteiger partial charge in [0.15, 0.2) is 0 Å². The van der Waals surface area contributed by atoms with Crippen LogP contribution in [0.15, 0.2) is 53.9 Å². The highest BCUT2D eigenvalue weighted by atomic mass is 32.1. The van der Waals surface area contributed by atoms with Crippen LogP contribution in [0.4, 0.5) is 0 Å². The third kappa shape index (κ3) is 4.80. The van der Waals surface area contributed by atoms with Crippen LogP contribution in [0, 0.1) is 6.92 Å². The molecule has 0 saturated heterocycles. The van der Waals surface area contributed by atoms with Crippen LogP contribution in [-0.2, 0) is 6.42 Å². The Balaban J connectivity index is 1.56. The van der Waals surface area contributed by atoms with Crippen molar-refractivity contribution in [3.63, 3.8) is 0 Å². The van der Waals surface area contributed by atoms with Crippen molar-refractivity contribution in [2.24, 2.45) is 0 Å². The fourth-order valence-electron chi connectivity index (χ4n) is 2.72. The van der Waals surface area contributed by atoms with Gasteiger partial charge >= 0.3 is 0 Å². The highest BCUT2D eigenvalue weighted by Gasteiger charge is 2.08. The minimum Gasteiger partial charge on any atom is -0.355 e. The van der Waals surface area contributed by atoms with Gasteiger partial charge in [-0.25, -0.2) is 4.98 Å². The number of nitrogens with one attached hydrogen (secondary N) is 2. The van der Waals surface area contributed by atoms with E-state index in [0.29, 0.717) is 24.1 Å².